The van der Waals surface area contributed by atoms with Gasteiger partial charge in [-0.3, -0.25) is 0 Å². The predicted octanol–water partition coefficient (Wildman–Crippen LogP) is 5.45. The molecule has 15 heavy (non-hydrogen) atoms. The van der Waals surface area contributed by atoms with Crippen LogP contribution in [-0.2, 0) is 0 Å². The maximum atomic E-state index is 6.20. The molecular formula is C10H13Br2Cl3. The van der Waals surface area contributed by atoms with Crippen molar-refractivity contribution >= 4 is 66.7 Å². The Bertz CT molecular complexity index is 247. The topological polar surface area (TPSA) is 0 Å². The normalized spacial score (nSPS) is 22.9. The molecule has 0 unspecified atom stereocenters. The lowest BCUT2D eigenvalue weighted by molar-refractivity contribution is 0.790. The summed E-state index contributed by atoms with van der Waals surface area (Å²) in [6.07, 6.45) is 5.45. The summed E-state index contributed by atoms with van der Waals surface area (Å²) >= 11 is 25.0. The second-order valence-corrected chi connectivity index (χ2v) is 6.85. The van der Waals surface area contributed by atoms with Crippen molar-refractivity contribution in [3.05, 3.63) is 23.2 Å². The van der Waals surface area contributed by atoms with E-state index in [1.54, 1.807) is 11.1 Å². The van der Waals surface area contributed by atoms with Gasteiger partial charge < -0.3 is 0 Å². The van der Waals surface area contributed by atoms with Crippen molar-refractivity contribution in [3.63, 3.8) is 0 Å². The molecule has 88 valence electrons. The zero-order valence-corrected chi connectivity index (χ0v) is 13.9. The van der Waals surface area contributed by atoms with E-state index in [1.807, 2.05) is 26.0 Å². The van der Waals surface area contributed by atoms with Gasteiger partial charge in [-0.25, -0.2) is 0 Å². The number of hydrogen-bond donors (Lipinski definition) is 0. The lowest BCUT2D eigenvalue weighted by atomic mass is 10.0. The fourth-order valence-electron chi connectivity index (χ4n) is 0.733. The fraction of sp³-hybridized carbons (Fsp3) is 0.600. The minimum Gasteiger partial charge on any atom is -0.116 e. The summed E-state index contributed by atoms with van der Waals surface area (Å²) in [7, 11) is 0. The smallest absolute Gasteiger partial charge is 0.0804 e. The van der Waals surface area contributed by atoms with Crippen LogP contribution in [0.1, 0.15) is 13.8 Å². The summed E-state index contributed by atoms with van der Waals surface area (Å²) in [6, 6.07) is 0. The highest BCUT2D eigenvalue weighted by atomic mass is 79.9. The molecule has 0 saturated carbocycles. The minimum absolute atomic E-state index is 0.315. The summed E-state index contributed by atoms with van der Waals surface area (Å²) in [4.78, 5) is 0.645. The van der Waals surface area contributed by atoms with Gasteiger partial charge in [-0.1, -0.05) is 50.1 Å². The largest absolute Gasteiger partial charge is 0.116 e. The van der Waals surface area contributed by atoms with E-state index in [9.17, 15) is 0 Å². The van der Waals surface area contributed by atoms with Crippen molar-refractivity contribution in [2.24, 2.45) is 0 Å². The van der Waals surface area contributed by atoms with E-state index < -0.39 is 9.75 Å². The Kier molecular flexibility index (Phi) is 7.51. The second kappa shape index (κ2) is 6.90. The van der Waals surface area contributed by atoms with Crippen LogP contribution >= 0.6 is 66.7 Å². The van der Waals surface area contributed by atoms with Crippen LogP contribution in [0.25, 0.3) is 0 Å². The van der Waals surface area contributed by atoms with Crippen LogP contribution in [0.3, 0.4) is 0 Å². The van der Waals surface area contributed by atoms with Crippen molar-refractivity contribution in [2.75, 3.05) is 5.33 Å². The van der Waals surface area contributed by atoms with Gasteiger partial charge in [0.25, 0.3) is 0 Å². The molecule has 5 heteroatoms. The molecule has 0 radical (unpaired) electrons. The number of alkyl halides is 4. The van der Waals surface area contributed by atoms with E-state index in [2.05, 4.69) is 31.9 Å². The van der Waals surface area contributed by atoms with Gasteiger partial charge in [0, 0.05) is 5.33 Å². The SMILES string of the molecule is C[C@@](Cl)(/C=C/[C@@H](Cl)[C@](C)(Cl)/C=C/Br)CBr. The van der Waals surface area contributed by atoms with E-state index in [4.69, 9.17) is 34.8 Å². The van der Waals surface area contributed by atoms with E-state index in [0.29, 0.717) is 5.33 Å². The molecule has 0 N–H and O–H groups in total. The number of rotatable bonds is 5. The summed E-state index contributed by atoms with van der Waals surface area (Å²) in [5, 5.41) is 0.347. The highest BCUT2D eigenvalue weighted by Gasteiger charge is 2.26. The number of halogens is 5. The summed E-state index contributed by atoms with van der Waals surface area (Å²) in [5.41, 5.74) is 0. The first-order chi connectivity index (χ1) is 6.75. The van der Waals surface area contributed by atoms with E-state index >= 15 is 0 Å². The van der Waals surface area contributed by atoms with Gasteiger partial charge in [0.15, 0.2) is 0 Å². The average molecular weight is 399 g/mol. The molecule has 0 aromatic rings. The summed E-state index contributed by atoms with van der Waals surface area (Å²) in [6.45, 7) is 3.74. The Balaban J connectivity index is 4.55. The zero-order chi connectivity index (χ0) is 12.1. The first-order valence-corrected chi connectivity index (χ1v) is 7.53. The van der Waals surface area contributed by atoms with Gasteiger partial charge in [-0.2, -0.15) is 0 Å². The third kappa shape index (κ3) is 6.58. The van der Waals surface area contributed by atoms with Gasteiger partial charge in [0.2, 0.25) is 0 Å². The molecule has 0 saturated heterocycles. The Hall–Kier alpha value is 1.31. The van der Waals surface area contributed by atoms with Crippen LogP contribution in [0.15, 0.2) is 23.2 Å². The highest BCUT2D eigenvalue weighted by molar-refractivity contribution is 9.11. The molecule has 3 atom stereocenters. The van der Waals surface area contributed by atoms with Gasteiger partial charge >= 0.3 is 0 Å². The third-order valence-corrected chi connectivity index (χ3v) is 4.89. The van der Waals surface area contributed by atoms with Crippen LogP contribution in [0.5, 0.6) is 0 Å². The Morgan fingerprint density at radius 3 is 2.20 bits per heavy atom. The van der Waals surface area contributed by atoms with Crippen LogP contribution in [0, 0.1) is 0 Å². The zero-order valence-electron chi connectivity index (χ0n) is 8.48. The molecule has 0 bridgehead atoms. The van der Waals surface area contributed by atoms with Gasteiger partial charge in [0.05, 0.1) is 15.1 Å². The lowest BCUT2D eigenvalue weighted by Crippen LogP contribution is -2.26. The van der Waals surface area contributed by atoms with E-state index in [1.165, 1.54) is 0 Å². The molecule has 0 aliphatic rings. The molecule has 0 aliphatic heterocycles. The van der Waals surface area contributed by atoms with Crippen molar-refractivity contribution in [2.45, 2.75) is 29.0 Å². The standard InChI is InChI=1S/C10H13Br2Cl3/c1-9(14,7-12)4-3-8(13)10(2,15)5-6-11/h3-6,8H,7H2,1-2H3/b4-3+,6-5+/t8-,9-,10-/m1/s1. The molecule has 0 heterocycles. The molecular weight excluding hydrogens is 386 g/mol. The average Bonchev–Trinajstić information content (AvgIpc) is 2.14. The maximum absolute atomic E-state index is 6.20. The Morgan fingerprint density at radius 2 is 1.80 bits per heavy atom. The molecule has 0 rings (SSSR count). The molecule has 0 nitrogen and oxygen atoms in total. The van der Waals surface area contributed by atoms with Crippen LogP contribution < -0.4 is 0 Å². The van der Waals surface area contributed by atoms with Gasteiger partial charge in [-0.15, -0.1) is 34.8 Å². The Labute approximate surface area is 123 Å². The highest BCUT2D eigenvalue weighted by Crippen LogP contribution is 2.29. The van der Waals surface area contributed by atoms with Gasteiger partial charge in [0.1, 0.15) is 0 Å². The third-order valence-electron chi connectivity index (χ3n) is 1.80. The molecule has 0 aromatic heterocycles. The van der Waals surface area contributed by atoms with Crippen LogP contribution in [0.2, 0.25) is 0 Å². The Morgan fingerprint density at radius 1 is 1.27 bits per heavy atom. The first-order valence-electron chi connectivity index (χ1n) is 4.30. The first kappa shape index (κ1) is 16.3. The van der Waals surface area contributed by atoms with E-state index in [0.717, 1.165) is 0 Å². The van der Waals surface area contributed by atoms with E-state index in [-0.39, 0.29) is 5.38 Å². The molecule has 0 spiro atoms. The van der Waals surface area contributed by atoms with Crippen LogP contribution in [-0.4, -0.2) is 20.5 Å². The van der Waals surface area contributed by atoms with Crippen LogP contribution in [0.4, 0.5) is 0 Å². The molecule has 0 fully saturated rings. The lowest BCUT2D eigenvalue weighted by Gasteiger charge is -2.22. The van der Waals surface area contributed by atoms with Crippen molar-refractivity contribution in [1.29, 1.82) is 0 Å². The molecule has 0 aromatic carbocycles. The summed E-state index contributed by atoms with van der Waals surface area (Å²) < 4.78 is 0. The number of hydrogen-bond acceptors (Lipinski definition) is 0. The summed E-state index contributed by atoms with van der Waals surface area (Å²) in [5.74, 6) is 0. The number of allylic oxidation sites excluding steroid dienone is 3. The molecule has 0 amide bonds. The second-order valence-electron chi connectivity index (χ2n) is 3.62. The maximum Gasteiger partial charge on any atom is 0.0804 e. The van der Waals surface area contributed by atoms with Crippen molar-refractivity contribution in [1.82, 2.24) is 0 Å². The molecule has 0 aliphatic carbocycles. The quantitative estimate of drug-likeness (QED) is 0.426. The van der Waals surface area contributed by atoms with Gasteiger partial charge in [-0.05, 0) is 18.8 Å². The van der Waals surface area contributed by atoms with Crippen molar-refractivity contribution in [3.8, 4) is 0 Å². The fourth-order valence-corrected chi connectivity index (χ4v) is 1.98. The minimum atomic E-state index is -0.624. The monoisotopic (exact) mass is 396 g/mol. The predicted molar refractivity (Wildman–Crippen MR) is 79.2 cm³/mol. The van der Waals surface area contributed by atoms with Crippen molar-refractivity contribution < 1.29 is 0 Å².